The zero-order chi connectivity index (χ0) is 21.0. The van der Waals surface area contributed by atoms with Crippen molar-refractivity contribution in [1.82, 2.24) is 9.99 Å². The van der Waals surface area contributed by atoms with E-state index in [0.29, 0.717) is 22.1 Å². The van der Waals surface area contributed by atoms with Crippen LogP contribution in [0.3, 0.4) is 0 Å². The Morgan fingerprint density at radius 1 is 1.07 bits per heavy atom. The lowest BCUT2D eigenvalue weighted by molar-refractivity contribution is 0.0952. The van der Waals surface area contributed by atoms with E-state index in [1.54, 1.807) is 31.5 Å². The van der Waals surface area contributed by atoms with Crippen molar-refractivity contribution in [2.75, 3.05) is 14.2 Å². The lowest BCUT2D eigenvalue weighted by atomic mass is 10.2. The summed E-state index contributed by atoms with van der Waals surface area (Å²) < 4.78 is 12.5. The smallest absolute Gasteiger partial charge is 0.275 e. The van der Waals surface area contributed by atoms with Crippen LogP contribution in [-0.2, 0) is 0 Å². The molecule has 1 N–H and O–H groups in total. The lowest BCUT2D eigenvalue weighted by Crippen LogP contribution is -2.18. The molecule has 3 rings (SSSR count). The average molecular weight is 412 g/mol. The quantitative estimate of drug-likeness (QED) is 0.478. The predicted octanol–water partition coefficient (Wildman–Crippen LogP) is 4.53. The Bertz CT molecular complexity index is 1060. The van der Waals surface area contributed by atoms with Crippen LogP contribution in [0.5, 0.6) is 11.5 Å². The lowest BCUT2D eigenvalue weighted by Gasteiger charge is -2.09. The Kier molecular flexibility index (Phi) is 6.24. The third-order valence-electron chi connectivity index (χ3n) is 4.58. The summed E-state index contributed by atoms with van der Waals surface area (Å²) in [4.78, 5) is 12.5. The largest absolute Gasteiger partial charge is 0.497 e. The third-order valence-corrected chi connectivity index (χ3v) is 4.83. The number of aromatic nitrogens is 1. The molecule has 0 aliphatic carbocycles. The van der Waals surface area contributed by atoms with Gasteiger partial charge in [-0.1, -0.05) is 11.6 Å². The van der Waals surface area contributed by atoms with Crippen LogP contribution in [0, 0.1) is 13.8 Å². The minimum Gasteiger partial charge on any atom is -0.497 e. The molecule has 0 bridgehead atoms. The fraction of sp³-hybridized carbons (Fsp3) is 0.182. The van der Waals surface area contributed by atoms with Crippen molar-refractivity contribution in [3.63, 3.8) is 0 Å². The zero-order valence-corrected chi connectivity index (χ0v) is 17.4. The summed E-state index contributed by atoms with van der Waals surface area (Å²) in [5.41, 5.74) is 6.89. The molecule has 0 atom stereocenters. The molecule has 1 aromatic heterocycles. The van der Waals surface area contributed by atoms with Gasteiger partial charge in [0.2, 0.25) is 0 Å². The molecular formula is C22H22ClN3O3. The van der Waals surface area contributed by atoms with Crippen LogP contribution in [0.25, 0.3) is 5.69 Å². The number of nitrogens with zero attached hydrogens (tertiary/aromatic N) is 2. The highest BCUT2D eigenvalue weighted by molar-refractivity contribution is 6.30. The normalized spacial score (nSPS) is 10.9. The van der Waals surface area contributed by atoms with Crippen LogP contribution in [0.2, 0.25) is 5.02 Å². The highest BCUT2D eigenvalue weighted by atomic mass is 35.5. The minimum atomic E-state index is -0.368. The number of carbonyl (C=O) groups excluding carboxylic acids is 1. The minimum absolute atomic E-state index is 0.368. The van der Waals surface area contributed by atoms with Gasteiger partial charge in [-0.25, -0.2) is 5.43 Å². The van der Waals surface area contributed by atoms with Crippen molar-refractivity contribution in [3.8, 4) is 17.2 Å². The zero-order valence-electron chi connectivity index (χ0n) is 16.7. The second-order valence-electron chi connectivity index (χ2n) is 6.40. The number of nitrogens with one attached hydrogen (secondary N) is 1. The fourth-order valence-corrected chi connectivity index (χ4v) is 3.24. The Morgan fingerprint density at radius 2 is 1.79 bits per heavy atom. The summed E-state index contributed by atoms with van der Waals surface area (Å²) in [6.07, 6.45) is 1.63. The molecule has 29 heavy (non-hydrogen) atoms. The van der Waals surface area contributed by atoms with Gasteiger partial charge in [-0.05, 0) is 56.3 Å². The number of ether oxygens (including phenoxy) is 2. The van der Waals surface area contributed by atoms with Crippen molar-refractivity contribution in [2.24, 2.45) is 5.10 Å². The maximum atomic E-state index is 12.5. The number of amides is 1. The fourth-order valence-electron chi connectivity index (χ4n) is 3.11. The molecule has 0 aliphatic rings. The predicted molar refractivity (Wildman–Crippen MR) is 115 cm³/mol. The molecule has 0 saturated heterocycles. The summed E-state index contributed by atoms with van der Waals surface area (Å²) in [5, 5.41) is 4.80. The van der Waals surface area contributed by atoms with Crippen molar-refractivity contribution in [3.05, 3.63) is 76.1 Å². The van der Waals surface area contributed by atoms with Gasteiger partial charge < -0.3 is 14.0 Å². The standard InChI is InChI=1S/C22H22ClN3O3/c1-14-11-16(15(2)26(14)18-7-5-17(23)6-8-18)13-24-25-22(27)20-10-9-19(28-3)12-21(20)29-4/h5-13H,1-4H3,(H,25,27). The van der Waals surface area contributed by atoms with Gasteiger partial charge in [-0.3, -0.25) is 4.79 Å². The first-order chi connectivity index (χ1) is 13.9. The van der Waals surface area contributed by atoms with Crippen molar-refractivity contribution < 1.29 is 14.3 Å². The number of rotatable bonds is 6. The molecule has 0 fully saturated rings. The SMILES string of the molecule is COc1ccc(C(=O)NN=Cc2cc(C)n(-c3ccc(Cl)cc3)c2C)c(OC)c1. The molecule has 7 heteroatoms. The molecule has 1 amide bonds. The molecule has 0 unspecified atom stereocenters. The van der Waals surface area contributed by atoms with Crippen LogP contribution in [0.1, 0.15) is 27.3 Å². The van der Waals surface area contributed by atoms with Gasteiger partial charge >= 0.3 is 0 Å². The molecular weight excluding hydrogens is 390 g/mol. The molecule has 2 aromatic carbocycles. The van der Waals surface area contributed by atoms with Crippen LogP contribution in [0.15, 0.2) is 53.6 Å². The van der Waals surface area contributed by atoms with Gasteiger partial charge in [0.15, 0.2) is 0 Å². The number of carbonyl (C=O) groups is 1. The number of halogens is 1. The maximum Gasteiger partial charge on any atom is 0.275 e. The first kappa shape index (κ1) is 20.5. The van der Waals surface area contributed by atoms with Gasteiger partial charge in [0.1, 0.15) is 11.5 Å². The van der Waals surface area contributed by atoms with E-state index in [0.717, 1.165) is 22.6 Å². The molecule has 1 heterocycles. The van der Waals surface area contributed by atoms with E-state index in [1.165, 1.54) is 7.11 Å². The van der Waals surface area contributed by atoms with E-state index in [-0.39, 0.29) is 5.91 Å². The molecule has 0 saturated carbocycles. The molecule has 0 radical (unpaired) electrons. The maximum absolute atomic E-state index is 12.5. The average Bonchev–Trinajstić information content (AvgIpc) is 3.01. The Hall–Kier alpha value is -3.25. The Balaban J connectivity index is 1.78. The van der Waals surface area contributed by atoms with Crippen LogP contribution in [0.4, 0.5) is 0 Å². The third kappa shape index (κ3) is 4.43. The first-order valence-electron chi connectivity index (χ1n) is 8.95. The molecule has 6 nitrogen and oxygen atoms in total. The Morgan fingerprint density at radius 3 is 2.45 bits per heavy atom. The van der Waals surface area contributed by atoms with Gasteiger partial charge in [-0.2, -0.15) is 5.10 Å². The van der Waals surface area contributed by atoms with Crippen LogP contribution in [-0.4, -0.2) is 30.9 Å². The Labute approximate surface area is 174 Å². The van der Waals surface area contributed by atoms with Gasteiger partial charge in [0.05, 0.1) is 26.0 Å². The number of hydrogen-bond donors (Lipinski definition) is 1. The first-order valence-corrected chi connectivity index (χ1v) is 9.32. The summed E-state index contributed by atoms with van der Waals surface area (Å²) >= 11 is 5.98. The molecule has 0 spiro atoms. The number of hydrazone groups is 1. The van der Waals surface area contributed by atoms with Crippen molar-refractivity contribution in [2.45, 2.75) is 13.8 Å². The van der Waals surface area contributed by atoms with Crippen molar-refractivity contribution >= 4 is 23.7 Å². The summed E-state index contributed by atoms with van der Waals surface area (Å²) in [5.74, 6) is 0.654. The summed E-state index contributed by atoms with van der Waals surface area (Å²) in [6, 6.07) is 14.6. The number of hydrogen-bond acceptors (Lipinski definition) is 4. The highest BCUT2D eigenvalue weighted by Gasteiger charge is 2.13. The molecule has 0 aliphatic heterocycles. The van der Waals surface area contributed by atoms with Gasteiger partial charge in [0.25, 0.3) is 5.91 Å². The van der Waals surface area contributed by atoms with E-state index in [2.05, 4.69) is 15.1 Å². The number of benzene rings is 2. The monoisotopic (exact) mass is 411 g/mol. The second-order valence-corrected chi connectivity index (χ2v) is 6.84. The van der Waals surface area contributed by atoms with E-state index < -0.39 is 0 Å². The van der Waals surface area contributed by atoms with E-state index >= 15 is 0 Å². The number of aryl methyl sites for hydroxylation is 1. The highest BCUT2D eigenvalue weighted by Crippen LogP contribution is 2.24. The van der Waals surface area contributed by atoms with Crippen LogP contribution >= 0.6 is 11.6 Å². The van der Waals surface area contributed by atoms with E-state index in [9.17, 15) is 4.79 Å². The van der Waals surface area contributed by atoms with E-state index in [4.69, 9.17) is 21.1 Å². The van der Waals surface area contributed by atoms with Crippen molar-refractivity contribution in [1.29, 1.82) is 0 Å². The van der Waals surface area contributed by atoms with Crippen LogP contribution < -0.4 is 14.9 Å². The van der Waals surface area contributed by atoms with Gasteiger partial charge in [-0.15, -0.1) is 0 Å². The molecule has 150 valence electrons. The number of methoxy groups -OCH3 is 2. The molecule has 3 aromatic rings. The summed E-state index contributed by atoms with van der Waals surface area (Å²) in [6.45, 7) is 4.01. The van der Waals surface area contributed by atoms with Gasteiger partial charge in [0, 0.05) is 33.7 Å². The second kappa shape index (κ2) is 8.84. The summed E-state index contributed by atoms with van der Waals surface area (Å²) in [7, 11) is 3.06. The van der Waals surface area contributed by atoms with E-state index in [1.807, 2.05) is 44.2 Å². The topological polar surface area (TPSA) is 64.8 Å².